The second-order valence-electron chi connectivity index (χ2n) is 8.75. The molecule has 40 heavy (non-hydrogen) atoms. The standard InChI is InChI=1S/C32H27F7O/c1-9-14-40-22(8)30(37)28(35)20(6)17(3)11-10-16(2)19(5)27(34)29(36)21(7)24-13-12-23-15-18(4)26(33)32(39)25(23)31(24)38/h9-11,15H,1-3,5-8,12-14H2,4H3/b11-10-,29-27-,30-28-. The fourth-order valence-electron chi connectivity index (χ4n) is 3.62. The molecule has 0 atom stereocenters. The minimum atomic E-state index is -1.58. The Hall–Kier alpha value is -4.33. The molecule has 1 aromatic rings. The van der Waals surface area contributed by atoms with Crippen LogP contribution < -0.4 is 0 Å². The van der Waals surface area contributed by atoms with E-state index in [4.69, 9.17) is 4.74 Å². The van der Waals surface area contributed by atoms with E-state index in [1.54, 1.807) is 0 Å². The summed E-state index contributed by atoms with van der Waals surface area (Å²) < 4.78 is 107. The lowest BCUT2D eigenvalue weighted by Gasteiger charge is -2.21. The Balaban J connectivity index is 2.26. The molecule has 0 amide bonds. The third-order valence-corrected chi connectivity index (χ3v) is 6.02. The van der Waals surface area contributed by atoms with Gasteiger partial charge < -0.3 is 4.74 Å². The van der Waals surface area contributed by atoms with E-state index < -0.39 is 74.4 Å². The van der Waals surface area contributed by atoms with Crippen molar-refractivity contribution in [1.82, 2.24) is 0 Å². The summed E-state index contributed by atoms with van der Waals surface area (Å²) in [6, 6.07) is 1.30. The number of benzene rings is 1. The summed E-state index contributed by atoms with van der Waals surface area (Å²) in [5.74, 6) is -10.4. The number of fused-ring (bicyclic) bond motifs is 1. The minimum Gasteiger partial charge on any atom is -0.487 e. The van der Waals surface area contributed by atoms with Gasteiger partial charge in [-0.1, -0.05) is 70.3 Å². The van der Waals surface area contributed by atoms with E-state index in [9.17, 15) is 22.0 Å². The Morgan fingerprint density at radius 2 is 1.32 bits per heavy atom. The zero-order valence-corrected chi connectivity index (χ0v) is 21.9. The molecular weight excluding hydrogens is 533 g/mol. The van der Waals surface area contributed by atoms with Gasteiger partial charge in [0.2, 0.25) is 5.83 Å². The summed E-state index contributed by atoms with van der Waals surface area (Å²) in [7, 11) is 0. The highest BCUT2D eigenvalue weighted by Crippen LogP contribution is 2.41. The van der Waals surface area contributed by atoms with Gasteiger partial charge in [-0.2, -0.15) is 4.39 Å². The van der Waals surface area contributed by atoms with Gasteiger partial charge in [0.1, 0.15) is 12.4 Å². The van der Waals surface area contributed by atoms with Gasteiger partial charge >= 0.3 is 0 Å². The Kier molecular flexibility index (Phi) is 10.5. The lowest BCUT2D eigenvalue weighted by Crippen LogP contribution is -2.10. The predicted octanol–water partition coefficient (Wildman–Crippen LogP) is 10.3. The number of allylic oxidation sites excluding steroid dienone is 12. The van der Waals surface area contributed by atoms with Crippen LogP contribution in [0, 0.1) is 18.6 Å². The van der Waals surface area contributed by atoms with Gasteiger partial charge in [-0.3, -0.25) is 0 Å². The summed E-state index contributed by atoms with van der Waals surface area (Å²) >= 11 is 0. The van der Waals surface area contributed by atoms with Gasteiger partial charge in [-0.05, 0) is 47.6 Å². The number of hydrogen-bond acceptors (Lipinski definition) is 1. The van der Waals surface area contributed by atoms with Crippen LogP contribution >= 0.6 is 0 Å². The smallest absolute Gasteiger partial charge is 0.200 e. The number of hydrogen-bond donors (Lipinski definition) is 0. The molecule has 1 aliphatic carbocycles. The van der Waals surface area contributed by atoms with Crippen molar-refractivity contribution in [3.63, 3.8) is 0 Å². The van der Waals surface area contributed by atoms with Crippen molar-refractivity contribution in [2.24, 2.45) is 0 Å². The molecule has 2 rings (SSSR count). The summed E-state index contributed by atoms with van der Waals surface area (Å²) in [4.78, 5) is 0. The maximum atomic E-state index is 15.1. The summed E-state index contributed by atoms with van der Waals surface area (Å²) in [6.07, 6.45) is 3.41. The number of rotatable bonds is 12. The topological polar surface area (TPSA) is 9.23 Å². The van der Waals surface area contributed by atoms with E-state index >= 15 is 8.78 Å². The molecule has 210 valence electrons. The van der Waals surface area contributed by atoms with E-state index in [0.717, 1.165) is 12.2 Å². The van der Waals surface area contributed by atoms with Gasteiger partial charge in [0.15, 0.2) is 34.9 Å². The van der Waals surface area contributed by atoms with Crippen molar-refractivity contribution in [2.75, 3.05) is 6.61 Å². The minimum absolute atomic E-state index is 0.00976. The van der Waals surface area contributed by atoms with Gasteiger partial charge in [0.05, 0.1) is 5.56 Å². The zero-order valence-electron chi connectivity index (χ0n) is 21.9. The van der Waals surface area contributed by atoms with E-state index in [1.807, 2.05) is 0 Å². The molecule has 0 unspecified atom stereocenters. The van der Waals surface area contributed by atoms with Crippen LogP contribution in [0.5, 0.6) is 0 Å². The normalized spacial score (nSPS) is 14.2. The SMILES string of the molecule is C=CCOC(=C)/C(F)=C(/F)C(=C)C(=C)/C=C\C(=C)C(=C)/C(F)=C(/F)C(=C)C1=C(F)c2c(cc(C)c(F)c2F)CC1. The molecule has 8 heteroatoms. The monoisotopic (exact) mass is 560 g/mol. The molecule has 0 spiro atoms. The first-order chi connectivity index (χ1) is 18.6. The first-order valence-corrected chi connectivity index (χ1v) is 11.7. The molecule has 0 radical (unpaired) electrons. The second-order valence-corrected chi connectivity index (χ2v) is 8.75. The highest BCUT2D eigenvalue weighted by molar-refractivity contribution is 5.74. The molecular formula is C32H27F7O. The van der Waals surface area contributed by atoms with Crippen LogP contribution in [0.25, 0.3) is 5.83 Å². The molecule has 0 fully saturated rings. The maximum Gasteiger partial charge on any atom is 0.200 e. The Morgan fingerprint density at radius 3 is 1.85 bits per heavy atom. The first kappa shape index (κ1) is 31.9. The van der Waals surface area contributed by atoms with Crippen molar-refractivity contribution in [3.8, 4) is 0 Å². The van der Waals surface area contributed by atoms with Crippen LogP contribution in [0.4, 0.5) is 30.7 Å². The Morgan fingerprint density at radius 1 is 0.800 bits per heavy atom. The third-order valence-electron chi connectivity index (χ3n) is 6.02. The lowest BCUT2D eigenvalue weighted by molar-refractivity contribution is 0.241. The van der Waals surface area contributed by atoms with Crippen molar-refractivity contribution in [2.45, 2.75) is 19.8 Å². The summed E-state index contributed by atoms with van der Waals surface area (Å²) in [6.45, 7) is 25.1. The molecule has 0 heterocycles. The van der Waals surface area contributed by atoms with Crippen molar-refractivity contribution >= 4 is 5.83 Å². The molecule has 1 nitrogen and oxygen atoms in total. The van der Waals surface area contributed by atoms with Gasteiger partial charge in [0, 0.05) is 16.7 Å². The third kappa shape index (κ3) is 6.62. The van der Waals surface area contributed by atoms with Crippen LogP contribution in [0.15, 0.2) is 133 Å². The molecule has 0 saturated carbocycles. The summed E-state index contributed by atoms with van der Waals surface area (Å²) in [5.41, 5.74) is -3.02. The Bertz CT molecular complexity index is 1480. The van der Waals surface area contributed by atoms with Gasteiger partial charge in [0.25, 0.3) is 0 Å². The molecule has 0 bridgehead atoms. The van der Waals surface area contributed by atoms with Crippen molar-refractivity contribution in [1.29, 1.82) is 0 Å². The van der Waals surface area contributed by atoms with Crippen molar-refractivity contribution < 1.29 is 35.5 Å². The highest BCUT2D eigenvalue weighted by atomic mass is 19.2. The van der Waals surface area contributed by atoms with Gasteiger partial charge in [-0.15, -0.1) is 0 Å². The van der Waals surface area contributed by atoms with Gasteiger partial charge in [-0.25, -0.2) is 26.3 Å². The predicted molar refractivity (Wildman–Crippen MR) is 146 cm³/mol. The van der Waals surface area contributed by atoms with Crippen molar-refractivity contribution in [3.05, 3.63) is 161 Å². The quantitative estimate of drug-likeness (QED) is 0.107. The lowest BCUT2D eigenvalue weighted by atomic mass is 9.86. The van der Waals surface area contributed by atoms with Crippen LogP contribution in [-0.4, -0.2) is 6.61 Å². The first-order valence-electron chi connectivity index (χ1n) is 11.7. The maximum absolute atomic E-state index is 15.1. The van der Waals surface area contributed by atoms with Crippen LogP contribution in [0.1, 0.15) is 23.1 Å². The molecule has 0 aliphatic heterocycles. The number of ether oxygens (including phenoxy) is 1. The van der Waals surface area contributed by atoms with Crippen LogP contribution in [0.3, 0.4) is 0 Å². The van der Waals surface area contributed by atoms with Crippen LogP contribution in [0.2, 0.25) is 0 Å². The molecule has 1 aromatic carbocycles. The zero-order chi connectivity index (χ0) is 30.5. The molecule has 0 N–H and O–H groups in total. The number of aryl methyl sites for hydroxylation is 2. The van der Waals surface area contributed by atoms with E-state index in [1.165, 1.54) is 19.1 Å². The Labute approximate surface area is 229 Å². The molecule has 1 aliphatic rings. The van der Waals surface area contributed by atoms with E-state index in [-0.39, 0.29) is 41.7 Å². The average molecular weight is 561 g/mol. The largest absolute Gasteiger partial charge is 0.487 e. The summed E-state index contributed by atoms with van der Waals surface area (Å²) in [5, 5.41) is 0. The second kappa shape index (κ2) is 13.2. The van der Waals surface area contributed by atoms with E-state index in [2.05, 4.69) is 46.1 Å². The fourth-order valence-corrected chi connectivity index (χ4v) is 3.62. The van der Waals surface area contributed by atoms with E-state index in [0.29, 0.717) is 0 Å². The molecule has 0 saturated heterocycles. The van der Waals surface area contributed by atoms with Crippen LogP contribution in [-0.2, 0) is 11.2 Å². The fraction of sp³-hybridized carbons (Fsp3) is 0.125. The molecule has 0 aromatic heterocycles. The highest BCUT2D eigenvalue weighted by Gasteiger charge is 2.29. The number of halogens is 7. The average Bonchev–Trinajstić information content (AvgIpc) is 2.94.